The third-order valence-corrected chi connectivity index (χ3v) is 2.01. The van der Waals surface area contributed by atoms with Crippen LogP contribution in [0.2, 0.25) is 0 Å². The van der Waals surface area contributed by atoms with Gasteiger partial charge in [0.2, 0.25) is 0 Å². The molecule has 0 aromatic rings. The monoisotopic (exact) mass is 163 g/mol. The highest BCUT2D eigenvalue weighted by atomic mass is 35.5. The Hall–Kier alpha value is 0.250. The molecule has 0 radical (unpaired) electrons. The first-order valence-electron chi connectivity index (χ1n) is 3.94. The molecule has 0 N–H and O–H groups in total. The van der Waals surface area contributed by atoms with Crippen molar-refractivity contribution in [1.82, 2.24) is 4.90 Å². The maximum atomic E-state index is 5.65. The first-order chi connectivity index (χ1) is 4.72. The summed E-state index contributed by atoms with van der Waals surface area (Å²) >= 11 is 5.65. The molecule has 1 unspecified atom stereocenters. The van der Waals surface area contributed by atoms with Crippen LogP contribution in [0.3, 0.4) is 0 Å². The van der Waals surface area contributed by atoms with E-state index in [2.05, 4.69) is 25.9 Å². The van der Waals surface area contributed by atoms with Crippen molar-refractivity contribution in [3.05, 3.63) is 0 Å². The molecule has 0 heterocycles. The van der Waals surface area contributed by atoms with Gasteiger partial charge in [-0.15, -0.1) is 11.6 Å². The molecule has 0 rings (SSSR count). The number of hydrogen-bond acceptors (Lipinski definition) is 1. The summed E-state index contributed by atoms with van der Waals surface area (Å²) in [5.74, 6) is 0.781. The van der Waals surface area contributed by atoms with Crippen LogP contribution in [-0.4, -0.2) is 30.9 Å². The Kier molecular flexibility index (Phi) is 6.14. The van der Waals surface area contributed by atoms with E-state index < -0.39 is 0 Å². The van der Waals surface area contributed by atoms with Crippen molar-refractivity contribution in [2.24, 2.45) is 0 Å². The van der Waals surface area contributed by atoms with Gasteiger partial charge in [0.25, 0.3) is 0 Å². The van der Waals surface area contributed by atoms with Crippen LogP contribution in [0.15, 0.2) is 0 Å². The lowest BCUT2D eigenvalue weighted by molar-refractivity contribution is 0.270. The van der Waals surface area contributed by atoms with E-state index in [0.717, 1.165) is 12.3 Å². The lowest BCUT2D eigenvalue weighted by atomic mass is 10.1. The largest absolute Gasteiger partial charge is 0.306 e. The van der Waals surface area contributed by atoms with Gasteiger partial charge in [0, 0.05) is 11.9 Å². The van der Waals surface area contributed by atoms with Gasteiger partial charge in [0.15, 0.2) is 0 Å². The van der Waals surface area contributed by atoms with Gasteiger partial charge in [-0.2, -0.15) is 0 Å². The van der Waals surface area contributed by atoms with Crippen LogP contribution >= 0.6 is 11.6 Å². The fourth-order valence-corrected chi connectivity index (χ4v) is 1.37. The second-order valence-corrected chi connectivity index (χ2v) is 3.26. The Morgan fingerprint density at radius 2 is 1.90 bits per heavy atom. The van der Waals surface area contributed by atoms with Crippen molar-refractivity contribution in [2.75, 3.05) is 20.0 Å². The van der Waals surface area contributed by atoms with Gasteiger partial charge >= 0.3 is 0 Å². The molecule has 2 heteroatoms. The van der Waals surface area contributed by atoms with Crippen molar-refractivity contribution in [3.63, 3.8) is 0 Å². The minimum absolute atomic E-state index is 0.683. The van der Waals surface area contributed by atoms with Crippen LogP contribution in [0.25, 0.3) is 0 Å². The number of nitrogens with zero attached hydrogens (tertiary/aromatic N) is 1. The van der Waals surface area contributed by atoms with Crippen LogP contribution in [0.1, 0.15) is 26.2 Å². The predicted molar refractivity (Wildman–Crippen MR) is 47.7 cm³/mol. The van der Waals surface area contributed by atoms with E-state index in [1.807, 2.05) is 0 Å². The van der Waals surface area contributed by atoms with Crippen molar-refractivity contribution in [3.8, 4) is 0 Å². The summed E-state index contributed by atoms with van der Waals surface area (Å²) in [6.45, 7) is 2.21. The Morgan fingerprint density at radius 1 is 1.30 bits per heavy atom. The molecular weight excluding hydrogens is 146 g/mol. The van der Waals surface area contributed by atoms with Gasteiger partial charge in [-0.1, -0.05) is 13.3 Å². The fourth-order valence-electron chi connectivity index (χ4n) is 1.12. The first-order valence-corrected chi connectivity index (χ1v) is 4.48. The predicted octanol–water partition coefficient (Wildman–Crippen LogP) is 2.35. The summed E-state index contributed by atoms with van der Waals surface area (Å²) in [4.78, 5) is 2.26. The Balaban J connectivity index is 3.50. The summed E-state index contributed by atoms with van der Waals surface area (Å²) in [6.07, 6.45) is 3.63. The summed E-state index contributed by atoms with van der Waals surface area (Å²) in [5.41, 5.74) is 0. The maximum absolute atomic E-state index is 5.65. The topological polar surface area (TPSA) is 3.24 Å². The molecule has 0 saturated carbocycles. The molecule has 0 aromatic carbocycles. The molecule has 1 atom stereocenters. The number of hydrogen-bond donors (Lipinski definition) is 0. The standard InChI is InChI=1S/C8H18ClN/c1-4-5-8(6-7-9)10(2)3/h8H,4-7H2,1-3H3. The van der Waals surface area contributed by atoms with Crippen molar-refractivity contribution in [1.29, 1.82) is 0 Å². The van der Waals surface area contributed by atoms with E-state index in [0.29, 0.717) is 6.04 Å². The minimum Gasteiger partial charge on any atom is -0.306 e. The highest BCUT2D eigenvalue weighted by Crippen LogP contribution is 2.07. The molecular formula is C8H18ClN. The van der Waals surface area contributed by atoms with Gasteiger partial charge in [0.1, 0.15) is 0 Å². The van der Waals surface area contributed by atoms with E-state index in [1.54, 1.807) is 0 Å². The van der Waals surface area contributed by atoms with Crippen molar-refractivity contribution < 1.29 is 0 Å². The van der Waals surface area contributed by atoms with E-state index in [9.17, 15) is 0 Å². The van der Waals surface area contributed by atoms with Crippen LogP contribution in [0, 0.1) is 0 Å². The molecule has 0 aliphatic heterocycles. The smallest absolute Gasteiger partial charge is 0.0238 e. The zero-order valence-corrected chi connectivity index (χ0v) is 7.99. The van der Waals surface area contributed by atoms with E-state index in [-0.39, 0.29) is 0 Å². The Morgan fingerprint density at radius 3 is 2.20 bits per heavy atom. The first kappa shape index (κ1) is 10.2. The van der Waals surface area contributed by atoms with Gasteiger partial charge < -0.3 is 4.90 Å². The molecule has 0 saturated heterocycles. The average Bonchev–Trinajstić information content (AvgIpc) is 1.87. The lowest BCUT2D eigenvalue weighted by Crippen LogP contribution is -2.27. The number of alkyl halides is 1. The van der Waals surface area contributed by atoms with Crippen LogP contribution in [0.4, 0.5) is 0 Å². The van der Waals surface area contributed by atoms with Crippen molar-refractivity contribution in [2.45, 2.75) is 32.2 Å². The summed E-state index contributed by atoms with van der Waals surface area (Å²) in [6, 6.07) is 0.683. The number of rotatable bonds is 5. The van der Waals surface area contributed by atoms with E-state index >= 15 is 0 Å². The van der Waals surface area contributed by atoms with Crippen molar-refractivity contribution >= 4 is 11.6 Å². The normalized spacial score (nSPS) is 14.1. The molecule has 62 valence electrons. The molecule has 0 spiro atoms. The Bertz CT molecular complexity index is 67.7. The van der Waals surface area contributed by atoms with Gasteiger partial charge in [-0.3, -0.25) is 0 Å². The number of halogens is 1. The Labute approximate surface area is 69.4 Å². The lowest BCUT2D eigenvalue weighted by Gasteiger charge is -2.22. The molecule has 0 bridgehead atoms. The van der Waals surface area contributed by atoms with Gasteiger partial charge in [-0.25, -0.2) is 0 Å². The highest BCUT2D eigenvalue weighted by Gasteiger charge is 2.07. The quantitative estimate of drug-likeness (QED) is 0.563. The minimum atomic E-state index is 0.683. The summed E-state index contributed by atoms with van der Waals surface area (Å²) in [7, 11) is 4.24. The maximum Gasteiger partial charge on any atom is 0.0238 e. The second kappa shape index (κ2) is 5.99. The van der Waals surface area contributed by atoms with E-state index in [1.165, 1.54) is 12.8 Å². The fraction of sp³-hybridized carbons (Fsp3) is 1.00. The zero-order valence-electron chi connectivity index (χ0n) is 7.23. The van der Waals surface area contributed by atoms with Gasteiger partial charge in [0.05, 0.1) is 0 Å². The average molecular weight is 164 g/mol. The molecule has 0 amide bonds. The van der Waals surface area contributed by atoms with Crippen LogP contribution in [0.5, 0.6) is 0 Å². The SMILES string of the molecule is CCCC(CCCl)N(C)C. The molecule has 0 fully saturated rings. The van der Waals surface area contributed by atoms with Crippen LogP contribution in [-0.2, 0) is 0 Å². The molecule has 0 aromatic heterocycles. The van der Waals surface area contributed by atoms with E-state index in [4.69, 9.17) is 11.6 Å². The summed E-state index contributed by atoms with van der Waals surface area (Å²) in [5, 5.41) is 0. The highest BCUT2D eigenvalue weighted by molar-refractivity contribution is 6.17. The molecule has 10 heavy (non-hydrogen) atoms. The molecule has 0 aliphatic rings. The second-order valence-electron chi connectivity index (χ2n) is 2.88. The zero-order chi connectivity index (χ0) is 7.98. The summed E-state index contributed by atoms with van der Waals surface area (Å²) < 4.78 is 0. The van der Waals surface area contributed by atoms with Gasteiger partial charge in [-0.05, 0) is 26.9 Å². The van der Waals surface area contributed by atoms with Crippen LogP contribution < -0.4 is 0 Å². The third kappa shape index (κ3) is 4.13. The molecule has 0 aliphatic carbocycles. The third-order valence-electron chi connectivity index (χ3n) is 1.79. The molecule has 1 nitrogen and oxygen atoms in total.